The summed E-state index contributed by atoms with van der Waals surface area (Å²) in [6.07, 6.45) is 8.62. The number of hydrogen-bond donors (Lipinski definition) is 1. The molecule has 0 radical (unpaired) electrons. The van der Waals surface area contributed by atoms with Gasteiger partial charge in [0.05, 0.1) is 5.54 Å². The van der Waals surface area contributed by atoms with Crippen LogP contribution in [-0.2, 0) is 9.59 Å². The molecule has 0 spiro atoms. The van der Waals surface area contributed by atoms with Crippen molar-refractivity contribution in [2.45, 2.75) is 56.9 Å². The van der Waals surface area contributed by atoms with Crippen LogP contribution in [0.1, 0.15) is 51.4 Å². The van der Waals surface area contributed by atoms with Crippen LogP contribution in [0.2, 0.25) is 0 Å². The summed E-state index contributed by atoms with van der Waals surface area (Å²) in [6, 6.07) is 0. The van der Waals surface area contributed by atoms with E-state index in [-0.39, 0.29) is 11.8 Å². The second-order valence-electron chi connectivity index (χ2n) is 7.02. The Kier molecular flexibility index (Phi) is 4.20. The largest absolute Gasteiger partial charge is 0.339 e. The minimum absolute atomic E-state index is 0.0838. The second kappa shape index (κ2) is 5.95. The first-order valence-corrected chi connectivity index (χ1v) is 8.44. The van der Waals surface area contributed by atoms with Gasteiger partial charge in [0.1, 0.15) is 0 Å². The van der Waals surface area contributed by atoms with Gasteiger partial charge in [-0.25, -0.2) is 0 Å². The smallest absolute Gasteiger partial charge is 0.242 e. The molecule has 0 aromatic heterocycles. The molecule has 0 unspecified atom stereocenters. The topological polar surface area (TPSA) is 66.6 Å². The average molecular weight is 293 g/mol. The van der Waals surface area contributed by atoms with E-state index in [1.165, 1.54) is 25.7 Å². The Balaban J connectivity index is 1.40. The van der Waals surface area contributed by atoms with Gasteiger partial charge >= 0.3 is 0 Å². The number of nitrogens with two attached hydrogens (primary N) is 1. The predicted octanol–water partition coefficient (Wildman–Crippen LogP) is 1.12. The summed E-state index contributed by atoms with van der Waals surface area (Å²) < 4.78 is 0. The number of piperazine rings is 1. The van der Waals surface area contributed by atoms with Crippen LogP contribution in [0.5, 0.6) is 0 Å². The molecule has 5 nitrogen and oxygen atoms in total. The van der Waals surface area contributed by atoms with E-state index in [4.69, 9.17) is 5.73 Å². The van der Waals surface area contributed by atoms with Gasteiger partial charge in [-0.2, -0.15) is 0 Å². The zero-order valence-electron chi connectivity index (χ0n) is 12.9. The van der Waals surface area contributed by atoms with Gasteiger partial charge in [0.2, 0.25) is 11.8 Å². The zero-order valence-corrected chi connectivity index (χ0v) is 12.9. The molecule has 0 aromatic carbocycles. The van der Waals surface area contributed by atoms with Crippen molar-refractivity contribution in [3.8, 4) is 0 Å². The Labute approximate surface area is 126 Å². The van der Waals surface area contributed by atoms with E-state index in [1.807, 2.05) is 9.80 Å². The van der Waals surface area contributed by atoms with E-state index in [1.54, 1.807) is 0 Å². The average Bonchev–Trinajstić information content (AvgIpc) is 3.04. The highest BCUT2D eigenvalue weighted by Crippen LogP contribution is 2.34. The van der Waals surface area contributed by atoms with E-state index in [0.717, 1.165) is 25.2 Å². The monoisotopic (exact) mass is 293 g/mol. The lowest BCUT2D eigenvalue weighted by Gasteiger charge is -2.36. The zero-order chi connectivity index (χ0) is 14.9. The third-order valence-electron chi connectivity index (χ3n) is 5.38. The molecule has 118 valence electrons. The van der Waals surface area contributed by atoms with Crippen LogP contribution in [0.4, 0.5) is 0 Å². The van der Waals surface area contributed by atoms with Crippen LogP contribution < -0.4 is 5.73 Å². The van der Waals surface area contributed by atoms with Crippen LogP contribution in [-0.4, -0.2) is 53.3 Å². The number of carbonyl (C=O) groups excluding carboxylic acids is 2. The minimum atomic E-state index is -0.575. The molecule has 3 fully saturated rings. The van der Waals surface area contributed by atoms with Gasteiger partial charge in [-0.05, 0) is 25.2 Å². The van der Waals surface area contributed by atoms with E-state index in [0.29, 0.717) is 32.6 Å². The minimum Gasteiger partial charge on any atom is -0.339 e. The van der Waals surface area contributed by atoms with Gasteiger partial charge in [-0.3, -0.25) is 9.59 Å². The number of nitrogens with zero attached hydrogens (tertiary/aromatic N) is 2. The predicted molar refractivity (Wildman–Crippen MR) is 80.5 cm³/mol. The number of carbonyl (C=O) groups is 2. The third-order valence-corrected chi connectivity index (χ3v) is 5.38. The number of amides is 2. The Morgan fingerprint density at radius 3 is 2.14 bits per heavy atom. The van der Waals surface area contributed by atoms with Crippen LogP contribution in [0.25, 0.3) is 0 Å². The first-order chi connectivity index (χ1) is 10.1. The molecule has 2 saturated carbocycles. The van der Waals surface area contributed by atoms with Gasteiger partial charge < -0.3 is 15.5 Å². The summed E-state index contributed by atoms with van der Waals surface area (Å²) in [7, 11) is 0. The fraction of sp³-hybridized carbons (Fsp3) is 0.875. The Bertz CT molecular complexity index is 406. The third kappa shape index (κ3) is 3.39. The highest BCUT2D eigenvalue weighted by molar-refractivity contribution is 5.89. The normalized spacial score (nSPS) is 25.2. The molecule has 0 aromatic rings. The maximum absolute atomic E-state index is 12.2. The van der Waals surface area contributed by atoms with Crippen molar-refractivity contribution in [2.24, 2.45) is 11.7 Å². The van der Waals surface area contributed by atoms with Crippen molar-refractivity contribution in [3.05, 3.63) is 0 Å². The van der Waals surface area contributed by atoms with Gasteiger partial charge in [-0.1, -0.05) is 25.7 Å². The Morgan fingerprint density at radius 1 is 1.00 bits per heavy atom. The lowest BCUT2D eigenvalue weighted by molar-refractivity contribution is -0.141. The summed E-state index contributed by atoms with van der Waals surface area (Å²) >= 11 is 0. The molecule has 21 heavy (non-hydrogen) atoms. The molecular weight excluding hydrogens is 266 g/mol. The van der Waals surface area contributed by atoms with Crippen LogP contribution >= 0.6 is 0 Å². The maximum Gasteiger partial charge on any atom is 0.242 e. The van der Waals surface area contributed by atoms with Crippen molar-refractivity contribution < 1.29 is 9.59 Å². The summed E-state index contributed by atoms with van der Waals surface area (Å²) in [5, 5.41) is 0. The van der Waals surface area contributed by atoms with Gasteiger partial charge in [-0.15, -0.1) is 0 Å². The van der Waals surface area contributed by atoms with Crippen molar-refractivity contribution in [2.75, 3.05) is 26.2 Å². The van der Waals surface area contributed by atoms with Crippen LogP contribution in [0, 0.1) is 5.92 Å². The standard InChI is InChI=1S/C16H27N3O2/c17-16(7-8-16)15(21)19-11-9-18(10-12-19)14(20)6-5-13-3-1-2-4-13/h13H,1-12,17H2. The van der Waals surface area contributed by atoms with Gasteiger partial charge in [0, 0.05) is 32.6 Å². The molecule has 2 amide bonds. The summed E-state index contributed by atoms with van der Waals surface area (Å²) in [4.78, 5) is 28.2. The first-order valence-electron chi connectivity index (χ1n) is 8.44. The summed E-state index contributed by atoms with van der Waals surface area (Å²) in [6.45, 7) is 2.64. The molecule has 3 aliphatic rings. The molecule has 2 N–H and O–H groups in total. The quantitative estimate of drug-likeness (QED) is 0.844. The van der Waals surface area contributed by atoms with Crippen molar-refractivity contribution in [1.82, 2.24) is 9.80 Å². The number of rotatable bonds is 4. The molecule has 1 saturated heterocycles. The van der Waals surface area contributed by atoms with E-state index in [9.17, 15) is 9.59 Å². The van der Waals surface area contributed by atoms with E-state index >= 15 is 0 Å². The molecule has 1 heterocycles. The van der Waals surface area contributed by atoms with Gasteiger partial charge in [0.15, 0.2) is 0 Å². The molecule has 1 aliphatic heterocycles. The molecule has 0 atom stereocenters. The van der Waals surface area contributed by atoms with E-state index in [2.05, 4.69) is 0 Å². The van der Waals surface area contributed by atoms with Crippen LogP contribution in [0.3, 0.4) is 0 Å². The highest BCUT2D eigenvalue weighted by Gasteiger charge is 2.48. The van der Waals surface area contributed by atoms with Crippen molar-refractivity contribution in [3.63, 3.8) is 0 Å². The highest BCUT2D eigenvalue weighted by atomic mass is 16.2. The van der Waals surface area contributed by atoms with Crippen molar-refractivity contribution in [1.29, 1.82) is 0 Å². The fourth-order valence-electron chi connectivity index (χ4n) is 3.61. The molecule has 0 bridgehead atoms. The number of hydrogen-bond acceptors (Lipinski definition) is 3. The Hall–Kier alpha value is -1.10. The lowest BCUT2D eigenvalue weighted by atomic mass is 10.0. The SMILES string of the molecule is NC1(C(=O)N2CCN(C(=O)CCC3CCCC3)CC2)CC1. The molecule has 3 rings (SSSR count). The first kappa shape index (κ1) is 14.8. The van der Waals surface area contributed by atoms with E-state index < -0.39 is 5.54 Å². The molecular formula is C16H27N3O2. The lowest BCUT2D eigenvalue weighted by Crippen LogP contribution is -2.55. The van der Waals surface area contributed by atoms with Crippen LogP contribution in [0.15, 0.2) is 0 Å². The second-order valence-corrected chi connectivity index (χ2v) is 7.02. The van der Waals surface area contributed by atoms with Crippen molar-refractivity contribution >= 4 is 11.8 Å². The molecule has 2 aliphatic carbocycles. The fourth-order valence-corrected chi connectivity index (χ4v) is 3.61. The maximum atomic E-state index is 12.2. The summed E-state index contributed by atoms with van der Waals surface area (Å²) in [5.74, 6) is 1.12. The summed E-state index contributed by atoms with van der Waals surface area (Å²) in [5.41, 5.74) is 5.39. The Morgan fingerprint density at radius 2 is 1.57 bits per heavy atom. The molecule has 5 heteroatoms. The van der Waals surface area contributed by atoms with Gasteiger partial charge in [0.25, 0.3) is 0 Å².